The first-order chi connectivity index (χ1) is 14.6. The van der Waals surface area contributed by atoms with Gasteiger partial charge in [-0.2, -0.15) is 0 Å². The first-order valence-corrected chi connectivity index (χ1v) is 9.81. The monoisotopic (exact) mass is 400 g/mol. The van der Waals surface area contributed by atoms with Gasteiger partial charge in [0.2, 0.25) is 5.78 Å². The summed E-state index contributed by atoms with van der Waals surface area (Å²) in [7, 11) is 0. The van der Waals surface area contributed by atoms with Crippen LogP contribution in [0.25, 0.3) is 17.1 Å². The van der Waals surface area contributed by atoms with Crippen molar-refractivity contribution in [3.05, 3.63) is 58.6 Å². The number of phenolic OH excluding ortho intramolecular Hbond substituents is 1. The Balaban J connectivity index is 1.49. The summed E-state index contributed by atoms with van der Waals surface area (Å²) in [6, 6.07) is 6.81. The SMILES string of the molecule is C#Cc1ccc2c(C=C3Oc4c(ccc(O)c4CN4CCNCC4)C3=O)c[nH]c2n1. The molecule has 0 radical (unpaired) electrons. The lowest BCUT2D eigenvalue weighted by molar-refractivity contribution is 0.101. The number of piperazine rings is 1. The smallest absolute Gasteiger partial charge is 0.231 e. The number of H-pyrrole nitrogens is 1. The molecular weight excluding hydrogens is 380 g/mol. The molecule has 30 heavy (non-hydrogen) atoms. The van der Waals surface area contributed by atoms with E-state index in [0.717, 1.165) is 37.1 Å². The van der Waals surface area contributed by atoms with E-state index in [4.69, 9.17) is 11.2 Å². The number of allylic oxidation sites excluding steroid dienone is 1. The van der Waals surface area contributed by atoms with Gasteiger partial charge in [0, 0.05) is 49.9 Å². The van der Waals surface area contributed by atoms with Crippen molar-refractivity contribution in [3.8, 4) is 23.8 Å². The molecule has 1 fully saturated rings. The molecule has 5 rings (SSSR count). The van der Waals surface area contributed by atoms with E-state index < -0.39 is 0 Å². The molecule has 2 aromatic heterocycles. The lowest BCUT2D eigenvalue weighted by Crippen LogP contribution is -2.42. The summed E-state index contributed by atoms with van der Waals surface area (Å²) >= 11 is 0. The number of nitrogens with one attached hydrogen (secondary N) is 2. The summed E-state index contributed by atoms with van der Waals surface area (Å²) < 4.78 is 5.98. The number of aromatic hydroxyl groups is 1. The molecule has 3 N–H and O–H groups in total. The number of terminal acetylenes is 1. The predicted molar refractivity (Wildman–Crippen MR) is 113 cm³/mol. The van der Waals surface area contributed by atoms with E-state index in [1.165, 1.54) is 0 Å². The van der Waals surface area contributed by atoms with Gasteiger partial charge in [-0.1, -0.05) is 5.92 Å². The molecule has 0 spiro atoms. The highest BCUT2D eigenvalue weighted by atomic mass is 16.5. The highest BCUT2D eigenvalue weighted by molar-refractivity contribution is 6.15. The maximum absolute atomic E-state index is 13.0. The number of rotatable bonds is 3. The Morgan fingerprint density at radius 1 is 1.27 bits per heavy atom. The maximum Gasteiger partial charge on any atom is 0.231 e. The first kappa shape index (κ1) is 18.4. The molecule has 7 nitrogen and oxygen atoms in total. The number of aromatic nitrogens is 2. The van der Waals surface area contributed by atoms with Crippen LogP contribution in [0.15, 0.2) is 36.2 Å². The molecule has 150 valence electrons. The predicted octanol–water partition coefficient (Wildman–Crippen LogP) is 2.27. The van der Waals surface area contributed by atoms with E-state index in [1.807, 2.05) is 6.07 Å². The third-order valence-corrected chi connectivity index (χ3v) is 5.51. The zero-order valence-corrected chi connectivity index (χ0v) is 16.2. The Hall–Kier alpha value is -3.60. The summed E-state index contributed by atoms with van der Waals surface area (Å²) in [4.78, 5) is 22.6. The molecule has 3 aromatic rings. The van der Waals surface area contributed by atoms with Crippen molar-refractivity contribution in [2.45, 2.75) is 6.54 Å². The van der Waals surface area contributed by atoms with Gasteiger partial charge in [0.05, 0.1) is 11.1 Å². The number of carbonyl (C=O) groups excluding carboxylic acids is 1. The third kappa shape index (κ3) is 3.12. The summed E-state index contributed by atoms with van der Waals surface area (Å²) in [6.07, 6.45) is 8.88. The number of nitrogens with zero attached hydrogens (tertiary/aromatic N) is 2. The van der Waals surface area contributed by atoms with E-state index in [-0.39, 0.29) is 17.3 Å². The van der Waals surface area contributed by atoms with Crippen LogP contribution in [0.2, 0.25) is 0 Å². The Bertz CT molecular complexity index is 1230. The van der Waals surface area contributed by atoms with Gasteiger partial charge in [0.1, 0.15) is 22.8 Å². The van der Waals surface area contributed by atoms with Gasteiger partial charge in [-0.25, -0.2) is 4.98 Å². The molecule has 0 atom stereocenters. The highest BCUT2D eigenvalue weighted by Crippen LogP contribution is 2.40. The van der Waals surface area contributed by atoms with Crippen LogP contribution in [0.4, 0.5) is 0 Å². The Kier molecular flexibility index (Phi) is 4.51. The average molecular weight is 400 g/mol. The van der Waals surface area contributed by atoms with Gasteiger partial charge >= 0.3 is 0 Å². The fraction of sp³-hybridized carbons (Fsp3) is 0.217. The molecule has 0 unspecified atom stereocenters. The molecule has 1 aromatic carbocycles. The van der Waals surface area contributed by atoms with Crippen LogP contribution in [0, 0.1) is 12.3 Å². The minimum atomic E-state index is -0.200. The number of fused-ring (bicyclic) bond motifs is 2. The molecule has 7 heteroatoms. The van der Waals surface area contributed by atoms with E-state index in [2.05, 4.69) is 26.1 Å². The van der Waals surface area contributed by atoms with Gasteiger partial charge in [-0.15, -0.1) is 6.42 Å². The van der Waals surface area contributed by atoms with Gasteiger partial charge in [-0.3, -0.25) is 9.69 Å². The second kappa shape index (κ2) is 7.34. The lowest BCUT2D eigenvalue weighted by Gasteiger charge is -2.27. The van der Waals surface area contributed by atoms with Crippen LogP contribution in [0.3, 0.4) is 0 Å². The first-order valence-electron chi connectivity index (χ1n) is 9.81. The van der Waals surface area contributed by atoms with Crippen LogP contribution >= 0.6 is 0 Å². The van der Waals surface area contributed by atoms with Crippen molar-refractivity contribution < 1.29 is 14.6 Å². The summed E-state index contributed by atoms with van der Waals surface area (Å²) in [5, 5.41) is 14.6. The zero-order valence-electron chi connectivity index (χ0n) is 16.2. The van der Waals surface area contributed by atoms with Crippen LogP contribution < -0.4 is 10.1 Å². The molecule has 0 amide bonds. The quantitative estimate of drug-likeness (QED) is 0.462. The number of ketones is 1. The van der Waals surface area contributed by atoms with Gasteiger partial charge in [0.25, 0.3) is 0 Å². The van der Waals surface area contributed by atoms with Crippen molar-refractivity contribution >= 4 is 22.9 Å². The molecular formula is C23H20N4O3. The van der Waals surface area contributed by atoms with Crippen molar-refractivity contribution in [2.75, 3.05) is 26.2 Å². The second-order valence-electron chi connectivity index (χ2n) is 7.39. The van der Waals surface area contributed by atoms with Gasteiger partial charge < -0.3 is 20.1 Å². The standard InChI is InChI=1S/C23H20N4O3/c1-2-15-3-4-16-14(12-25-23(16)26-15)11-20-21(29)17-5-6-19(28)18(22(17)30-20)13-27-9-7-24-8-10-27/h1,3-6,11-12,24,28H,7-10,13H2,(H,25,26). The van der Waals surface area contributed by atoms with Crippen LogP contribution in [0.1, 0.15) is 27.2 Å². The number of benzene rings is 1. The summed E-state index contributed by atoms with van der Waals surface area (Å²) in [5.74, 6) is 3.11. The molecule has 0 aliphatic carbocycles. The third-order valence-electron chi connectivity index (χ3n) is 5.51. The summed E-state index contributed by atoms with van der Waals surface area (Å²) in [6.45, 7) is 4.08. The van der Waals surface area contributed by atoms with Crippen molar-refractivity contribution in [2.24, 2.45) is 0 Å². The number of aromatic amines is 1. The molecule has 0 bridgehead atoms. The van der Waals surface area contributed by atoms with Crippen molar-refractivity contribution in [1.29, 1.82) is 0 Å². The van der Waals surface area contributed by atoms with Gasteiger partial charge in [-0.05, 0) is 30.3 Å². The van der Waals surface area contributed by atoms with Crippen LogP contribution in [-0.4, -0.2) is 51.9 Å². The Morgan fingerprint density at radius 3 is 2.90 bits per heavy atom. The van der Waals surface area contributed by atoms with E-state index in [9.17, 15) is 9.90 Å². The Labute approximate surface area is 173 Å². The van der Waals surface area contributed by atoms with Crippen LogP contribution in [-0.2, 0) is 6.54 Å². The molecule has 2 aliphatic heterocycles. The number of ether oxygens (including phenoxy) is 1. The van der Waals surface area contributed by atoms with Gasteiger partial charge in [0.15, 0.2) is 5.76 Å². The molecule has 0 saturated carbocycles. The maximum atomic E-state index is 13.0. The molecule has 4 heterocycles. The van der Waals surface area contributed by atoms with Crippen molar-refractivity contribution in [1.82, 2.24) is 20.2 Å². The molecule has 1 saturated heterocycles. The number of pyridine rings is 1. The zero-order chi connectivity index (χ0) is 20.7. The Morgan fingerprint density at radius 2 is 2.10 bits per heavy atom. The fourth-order valence-electron chi connectivity index (χ4n) is 3.91. The number of hydrogen-bond donors (Lipinski definition) is 3. The second-order valence-corrected chi connectivity index (χ2v) is 7.39. The normalized spacial score (nSPS) is 17.8. The highest BCUT2D eigenvalue weighted by Gasteiger charge is 2.32. The number of Topliss-reactive ketones (excluding diaryl/α,β-unsaturated/α-hetero) is 1. The summed E-state index contributed by atoms with van der Waals surface area (Å²) in [5.41, 5.74) is 3.08. The largest absolute Gasteiger partial charge is 0.507 e. The number of hydrogen-bond acceptors (Lipinski definition) is 6. The molecule has 2 aliphatic rings. The lowest BCUT2D eigenvalue weighted by atomic mass is 10.0. The minimum absolute atomic E-state index is 0.138. The van der Waals surface area contributed by atoms with E-state index in [0.29, 0.717) is 34.8 Å². The number of phenols is 1. The van der Waals surface area contributed by atoms with Crippen LogP contribution in [0.5, 0.6) is 11.5 Å². The average Bonchev–Trinajstić information content (AvgIpc) is 3.32. The van der Waals surface area contributed by atoms with E-state index in [1.54, 1.807) is 30.5 Å². The number of carbonyl (C=O) groups is 1. The topological polar surface area (TPSA) is 90.5 Å². The fourth-order valence-corrected chi connectivity index (χ4v) is 3.91. The van der Waals surface area contributed by atoms with E-state index >= 15 is 0 Å². The minimum Gasteiger partial charge on any atom is -0.507 e. The van der Waals surface area contributed by atoms with Crippen molar-refractivity contribution in [3.63, 3.8) is 0 Å².